The zero-order valence-electron chi connectivity index (χ0n) is 32.0. The predicted octanol–water partition coefficient (Wildman–Crippen LogP) is 8.77. The molecule has 55 heavy (non-hydrogen) atoms. The molecule has 4 aromatic carbocycles. The van der Waals surface area contributed by atoms with Crippen molar-refractivity contribution in [3.05, 3.63) is 116 Å². The van der Waals surface area contributed by atoms with E-state index in [4.69, 9.17) is 4.78 Å². The normalized spacial score (nSPS) is 18.7. The molecular weight excluding hydrogens is 729 g/mol. The van der Waals surface area contributed by atoms with Gasteiger partial charge in [0.1, 0.15) is 0 Å². The molecule has 8 rings (SSSR count). The summed E-state index contributed by atoms with van der Waals surface area (Å²) in [5.41, 5.74) is 14.0. The van der Waals surface area contributed by atoms with Crippen molar-refractivity contribution >= 4 is 43.3 Å². The number of amides is 4. The molecule has 3 unspecified atom stereocenters. The minimum atomic E-state index is -3.69. The van der Waals surface area contributed by atoms with Gasteiger partial charge in [0.05, 0.1) is 15.8 Å². The van der Waals surface area contributed by atoms with E-state index in [1.54, 1.807) is 18.2 Å². The van der Waals surface area contributed by atoms with Gasteiger partial charge in [-0.15, -0.1) is 0 Å². The molecule has 0 bridgehead atoms. The fraction of sp³-hybridized carbons (Fsp3) is 0.395. The molecule has 0 aromatic heterocycles. The summed E-state index contributed by atoms with van der Waals surface area (Å²) in [5.74, 6) is 0.00679. The van der Waals surface area contributed by atoms with Gasteiger partial charge < -0.3 is 10.6 Å². The molecule has 4 aliphatic carbocycles. The van der Waals surface area contributed by atoms with E-state index in [-0.39, 0.29) is 16.9 Å². The van der Waals surface area contributed by atoms with Gasteiger partial charge in [-0.25, -0.2) is 36.6 Å². The van der Waals surface area contributed by atoms with Crippen LogP contribution in [0.2, 0.25) is 0 Å². The van der Waals surface area contributed by atoms with Crippen molar-refractivity contribution in [1.82, 2.24) is 9.44 Å². The number of urea groups is 2. The number of benzene rings is 4. The summed E-state index contributed by atoms with van der Waals surface area (Å²) >= 11 is 0. The average molecular weight is 779 g/mol. The van der Waals surface area contributed by atoms with Crippen LogP contribution < -0.4 is 20.1 Å². The Hall–Kier alpha value is -4.68. The standard InChI is InChI=1S/C43H50N6O4S2/c1-25(2)47-55(53,33-17-14-26(3)15-18-33)49-43(51)46-41-37-13-7-10-30(37)21-31-22-32(23-39(31)41)38-24-34(19-16-27(38)4)54(44,52)48-42(50)45-40-35-11-5-8-28(35)20-29-9-6-12-36(29)40/h14-21,24-25,32H,5-13,22-23H2,1-4H3,(H3,44,45,48,50,52)(H2,46,47,49,51,53). The molecule has 4 aliphatic rings. The second-order valence-electron chi connectivity index (χ2n) is 15.9. The van der Waals surface area contributed by atoms with Gasteiger partial charge in [0, 0.05) is 11.4 Å². The highest BCUT2D eigenvalue weighted by Crippen LogP contribution is 2.44. The van der Waals surface area contributed by atoms with E-state index in [0.29, 0.717) is 17.7 Å². The van der Waals surface area contributed by atoms with E-state index in [0.717, 1.165) is 103 Å². The molecule has 3 atom stereocenters. The fourth-order valence-electron chi connectivity index (χ4n) is 9.19. The van der Waals surface area contributed by atoms with Gasteiger partial charge in [0.25, 0.3) is 0 Å². The molecule has 0 saturated heterocycles. The van der Waals surface area contributed by atoms with E-state index < -0.39 is 31.9 Å². The molecule has 288 valence electrons. The number of nitrogens with one attached hydrogen (secondary N) is 5. The highest BCUT2D eigenvalue weighted by molar-refractivity contribution is 7.92. The summed E-state index contributed by atoms with van der Waals surface area (Å²) in [5, 5.41) is 6.15. The van der Waals surface area contributed by atoms with E-state index in [2.05, 4.69) is 36.6 Å². The Morgan fingerprint density at radius 2 is 1.20 bits per heavy atom. The SMILES string of the molecule is Cc1ccc(S(=O)(=NC(C)C)NC(=O)Nc2c3c(cc4c2CC(c2cc(S(=N)(=O)NC(=O)Nc5c6c(cc7c5CCC7)CCC6)ccc2C)C4)CCC3)cc1. The van der Waals surface area contributed by atoms with Crippen molar-refractivity contribution < 1.29 is 18.0 Å². The topological polar surface area (TPSA) is 153 Å². The zero-order valence-corrected chi connectivity index (χ0v) is 33.7. The molecule has 12 heteroatoms. The lowest BCUT2D eigenvalue weighted by molar-refractivity contribution is 0.256. The molecule has 5 N–H and O–H groups in total. The van der Waals surface area contributed by atoms with Crippen LogP contribution in [0.1, 0.15) is 100 Å². The smallest absolute Gasteiger partial charge is 0.307 e. The Morgan fingerprint density at radius 1 is 0.673 bits per heavy atom. The quantitative estimate of drug-likeness (QED) is 0.121. The van der Waals surface area contributed by atoms with E-state index in [1.165, 1.54) is 27.8 Å². The summed E-state index contributed by atoms with van der Waals surface area (Å²) in [6, 6.07) is 15.7. The van der Waals surface area contributed by atoms with Crippen molar-refractivity contribution in [2.75, 3.05) is 10.6 Å². The summed E-state index contributed by atoms with van der Waals surface area (Å²) in [6.45, 7) is 7.64. The highest BCUT2D eigenvalue weighted by atomic mass is 32.2. The lowest BCUT2D eigenvalue weighted by Crippen LogP contribution is -2.35. The zero-order chi connectivity index (χ0) is 38.6. The molecule has 0 aliphatic heterocycles. The summed E-state index contributed by atoms with van der Waals surface area (Å²) in [7, 11) is -6.95. The highest BCUT2D eigenvalue weighted by Gasteiger charge is 2.33. The Balaban J connectivity index is 1.03. The molecule has 0 saturated carbocycles. The lowest BCUT2D eigenvalue weighted by atomic mass is 9.92. The summed E-state index contributed by atoms with van der Waals surface area (Å²) in [4.78, 5) is 27.9. The van der Waals surface area contributed by atoms with Crippen LogP contribution in [0.25, 0.3) is 0 Å². The second-order valence-corrected chi connectivity index (χ2v) is 19.7. The van der Waals surface area contributed by atoms with Crippen LogP contribution in [-0.4, -0.2) is 26.5 Å². The van der Waals surface area contributed by atoms with Gasteiger partial charge in [-0.05, 0) is 184 Å². The first-order chi connectivity index (χ1) is 26.3. The monoisotopic (exact) mass is 778 g/mol. The maximum Gasteiger partial charge on any atom is 0.331 e. The van der Waals surface area contributed by atoms with Gasteiger partial charge in [0.15, 0.2) is 19.8 Å². The Labute approximate surface area is 325 Å². The molecule has 0 radical (unpaired) electrons. The van der Waals surface area contributed by atoms with Crippen molar-refractivity contribution in [3.8, 4) is 0 Å². The third kappa shape index (κ3) is 7.26. The number of hydrogen-bond donors (Lipinski definition) is 5. The van der Waals surface area contributed by atoms with Crippen molar-refractivity contribution in [2.45, 2.75) is 120 Å². The maximum absolute atomic E-state index is 14.2. The van der Waals surface area contributed by atoms with Crippen LogP contribution in [0.4, 0.5) is 21.0 Å². The van der Waals surface area contributed by atoms with Gasteiger partial charge in [0.2, 0.25) is 0 Å². The molecule has 0 heterocycles. The van der Waals surface area contributed by atoms with Crippen LogP contribution in [0.3, 0.4) is 0 Å². The van der Waals surface area contributed by atoms with Crippen LogP contribution in [0.15, 0.2) is 68.8 Å². The maximum atomic E-state index is 14.2. The number of aryl methyl sites for hydroxylation is 5. The summed E-state index contributed by atoms with van der Waals surface area (Å²) in [6.07, 6.45) is 10.0. The predicted molar refractivity (Wildman–Crippen MR) is 219 cm³/mol. The minimum Gasteiger partial charge on any atom is -0.307 e. The number of rotatable bonds is 8. The van der Waals surface area contributed by atoms with Gasteiger partial charge in [-0.2, -0.15) is 0 Å². The van der Waals surface area contributed by atoms with Gasteiger partial charge >= 0.3 is 12.1 Å². The molecule has 0 fully saturated rings. The van der Waals surface area contributed by atoms with Crippen LogP contribution >= 0.6 is 0 Å². The third-order valence-corrected chi connectivity index (χ3v) is 15.1. The minimum absolute atomic E-state index is 0.00679. The molecular formula is C43H50N6O4S2. The van der Waals surface area contributed by atoms with Crippen molar-refractivity contribution in [2.24, 2.45) is 4.36 Å². The Kier molecular flexibility index (Phi) is 9.78. The molecule has 0 spiro atoms. The number of hydrogen-bond acceptors (Lipinski definition) is 6. The van der Waals surface area contributed by atoms with Crippen LogP contribution in [0.5, 0.6) is 0 Å². The van der Waals surface area contributed by atoms with E-state index in [1.807, 2.05) is 52.0 Å². The second kappa shape index (κ2) is 14.4. The Morgan fingerprint density at radius 3 is 1.78 bits per heavy atom. The first kappa shape index (κ1) is 37.3. The summed E-state index contributed by atoms with van der Waals surface area (Å²) < 4.78 is 46.8. The number of carbonyl (C=O) groups is 2. The molecule has 4 amide bonds. The number of nitrogens with zero attached hydrogens (tertiary/aromatic N) is 1. The van der Waals surface area contributed by atoms with Crippen LogP contribution in [-0.2, 0) is 71.2 Å². The number of fused-ring (bicyclic) bond motifs is 4. The molecule has 4 aromatic rings. The third-order valence-electron chi connectivity index (χ3n) is 11.7. The van der Waals surface area contributed by atoms with Crippen molar-refractivity contribution in [3.63, 3.8) is 0 Å². The first-order valence-electron chi connectivity index (χ1n) is 19.5. The fourth-order valence-corrected chi connectivity index (χ4v) is 11.9. The lowest BCUT2D eigenvalue weighted by Gasteiger charge is -2.19. The van der Waals surface area contributed by atoms with Crippen molar-refractivity contribution in [1.29, 1.82) is 4.78 Å². The first-order valence-corrected chi connectivity index (χ1v) is 22.6. The molecule has 10 nitrogen and oxygen atoms in total. The van der Waals surface area contributed by atoms with E-state index >= 15 is 0 Å². The number of anilines is 2. The van der Waals surface area contributed by atoms with Gasteiger partial charge in [-0.1, -0.05) is 35.9 Å². The Bertz CT molecular complexity index is 2450. The number of carbonyl (C=O) groups excluding carboxylic acids is 2. The van der Waals surface area contributed by atoms with Gasteiger partial charge in [-0.3, -0.25) is 0 Å². The largest absolute Gasteiger partial charge is 0.331 e. The van der Waals surface area contributed by atoms with E-state index in [9.17, 15) is 18.0 Å². The average Bonchev–Trinajstić information content (AvgIpc) is 3.95. The van der Waals surface area contributed by atoms with Crippen LogP contribution in [0, 0.1) is 18.6 Å².